The van der Waals surface area contributed by atoms with Crippen molar-refractivity contribution in [3.8, 4) is 5.75 Å². The second kappa shape index (κ2) is 4.89. The van der Waals surface area contributed by atoms with E-state index in [1.54, 1.807) is 7.11 Å². The monoisotopic (exact) mass is 276 g/mol. The summed E-state index contributed by atoms with van der Waals surface area (Å²) in [6, 6.07) is 3.74. The minimum Gasteiger partial charge on any atom is -0.495 e. The van der Waals surface area contributed by atoms with Gasteiger partial charge in [0.2, 0.25) is 0 Å². The number of aryl methyl sites for hydroxylation is 1. The number of fused-ring (bicyclic) bond motifs is 2. The van der Waals surface area contributed by atoms with Gasteiger partial charge in [0.25, 0.3) is 0 Å². The Bertz CT molecular complexity index is 640. The fourth-order valence-electron chi connectivity index (χ4n) is 2.79. The number of nitrogens with two attached hydrogens (primary N) is 1. The number of methoxy groups -OCH3 is 1. The van der Waals surface area contributed by atoms with E-state index in [9.17, 15) is 0 Å². The minimum absolute atomic E-state index is 0.581. The summed E-state index contributed by atoms with van der Waals surface area (Å²) in [7, 11) is 1.61. The molecule has 0 radical (unpaired) electrons. The topological polar surface area (TPSA) is 48.1 Å². The molecule has 3 rings (SSSR count). The molecule has 0 amide bonds. The number of hydrogen-bond donors (Lipinski definition) is 1. The molecule has 2 N–H and O–H groups in total. The Kier molecular flexibility index (Phi) is 3.23. The molecule has 0 bridgehead atoms. The molecular formula is C15H17ClN2O. The molecule has 100 valence electrons. The Labute approximate surface area is 117 Å². The third-order valence-corrected chi connectivity index (χ3v) is 4.12. The fourth-order valence-corrected chi connectivity index (χ4v) is 3.04. The van der Waals surface area contributed by atoms with Crippen LogP contribution in [0.2, 0.25) is 5.02 Å². The third kappa shape index (κ3) is 2.12. The summed E-state index contributed by atoms with van der Waals surface area (Å²) in [6.45, 7) is 0. The molecule has 0 aliphatic heterocycles. The molecule has 1 aliphatic rings. The lowest BCUT2D eigenvalue weighted by molar-refractivity contribution is 0.415. The van der Waals surface area contributed by atoms with Crippen LogP contribution in [0.15, 0.2) is 12.1 Å². The molecule has 0 spiro atoms. The van der Waals surface area contributed by atoms with Crippen molar-refractivity contribution in [1.82, 2.24) is 4.98 Å². The van der Waals surface area contributed by atoms with Gasteiger partial charge in [-0.25, -0.2) is 0 Å². The standard InChI is InChI=1S/C15H17ClN2O/c1-19-14-8-13-10(7-11(14)16)15(17)9-5-3-2-4-6-12(9)18-13/h7-8H,2-6H2,1H3,(H2,17,18). The number of nitrogen functional groups attached to an aromatic ring is 1. The van der Waals surface area contributed by atoms with Crippen molar-refractivity contribution in [3.05, 3.63) is 28.4 Å². The number of pyridine rings is 1. The molecule has 0 saturated carbocycles. The van der Waals surface area contributed by atoms with Gasteiger partial charge in [0, 0.05) is 22.8 Å². The maximum atomic E-state index is 6.33. The molecule has 4 heteroatoms. The Morgan fingerprint density at radius 3 is 2.79 bits per heavy atom. The summed E-state index contributed by atoms with van der Waals surface area (Å²) in [6.07, 6.45) is 5.66. The van der Waals surface area contributed by atoms with Crippen molar-refractivity contribution in [3.63, 3.8) is 0 Å². The van der Waals surface area contributed by atoms with E-state index in [0.717, 1.165) is 35.1 Å². The molecule has 3 nitrogen and oxygen atoms in total. The van der Waals surface area contributed by atoms with Gasteiger partial charge in [0.1, 0.15) is 5.75 Å². The molecule has 2 aromatic rings. The second-order valence-electron chi connectivity index (χ2n) is 5.02. The van der Waals surface area contributed by atoms with E-state index in [1.807, 2.05) is 12.1 Å². The van der Waals surface area contributed by atoms with Crippen LogP contribution in [0.1, 0.15) is 30.5 Å². The number of halogens is 1. The van der Waals surface area contributed by atoms with Crippen LogP contribution in [0.5, 0.6) is 5.75 Å². The van der Waals surface area contributed by atoms with Gasteiger partial charge >= 0.3 is 0 Å². The highest BCUT2D eigenvalue weighted by Crippen LogP contribution is 2.35. The molecule has 1 aromatic heterocycles. The predicted molar refractivity (Wildman–Crippen MR) is 79.0 cm³/mol. The van der Waals surface area contributed by atoms with E-state index >= 15 is 0 Å². The van der Waals surface area contributed by atoms with Crippen LogP contribution in [0, 0.1) is 0 Å². The number of aromatic nitrogens is 1. The zero-order valence-electron chi connectivity index (χ0n) is 11.0. The number of ether oxygens (including phenoxy) is 1. The molecule has 0 unspecified atom stereocenters. The average molecular weight is 277 g/mol. The van der Waals surface area contributed by atoms with Crippen LogP contribution in [-0.4, -0.2) is 12.1 Å². The zero-order chi connectivity index (χ0) is 13.4. The van der Waals surface area contributed by atoms with Gasteiger partial charge in [-0.1, -0.05) is 18.0 Å². The lowest BCUT2D eigenvalue weighted by atomic mass is 10.0. The quantitative estimate of drug-likeness (QED) is 0.807. The third-order valence-electron chi connectivity index (χ3n) is 3.83. The molecular weight excluding hydrogens is 260 g/mol. The Hall–Kier alpha value is -1.48. The highest BCUT2D eigenvalue weighted by molar-refractivity contribution is 6.33. The highest BCUT2D eigenvalue weighted by atomic mass is 35.5. The van der Waals surface area contributed by atoms with Crippen LogP contribution in [0.4, 0.5) is 5.69 Å². The van der Waals surface area contributed by atoms with E-state index in [0.29, 0.717) is 10.8 Å². The zero-order valence-corrected chi connectivity index (χ0v) is 11.8. The van der Waals surface area contributed by atoms with Crippen molar-refractivity contribution < 1.29 is 4.74 Å². The van der Waals surface area contributed by atoms with Crippen LogP contribution >= 0.6 is 11.6 Å². The van der Waals surface area contributed by atoms with Gasteiger partial charge in [-0.15, -0.1) is 0 Å². The maximum Gasteiger partial charge on any atom is 0.139 e. The Balaban J connectivity index is 2.28. The van der Waals surface area contributed by atoms with Gasteiger partial charge in [-0.3, -0.25) is 4.98 Å². The van der Waals surface area contributed by atoms with Gasteiger partial charge in [0.15, 0.2) is 0 Å². The van der Waals surface area contributed by atoms with Gasteiger partial charge in [0.05, 0.1) is 17.6 Å². The largest absolute Gasteiger partial charge is 0.495 e. The first-order valence-corrected chi connectivity index (χ1v) is 7.03. The number of benzene rings is 1. The molecule has 19 heavy (non-hydrogen) atoms. The molecule has 0 fully saturated rings. The molecule has 1 aromatic carbocycles. The average Bonchev–Trinajstić information content (AvgIpc) is 2.65. The van der Waals surface area contributed by atoms with Crippen LogP contribution in [0.3, 0.4) is 0 Å². The van der Waals surface area contributed by atoms with E-state index < -0.39 is 0 Å². The van der Waals surface area contributed by atoms with Crippen LogP contribution in [0.25, 0.3) is 10.9 Å². The van der Waals surface area contributed by atoms with Crippen molar-refractivity contribution in [2.45, 2.75) is 32.1 Å². The summed E-state index contributed by atoms with van der Waals surface area (Å²) in [5.74, 6) is 0.648. The van der Waals surface area contributed by atoms with Crippen molar-refractivity contribution >= 4 is 28.2 Å². The molecule has 0 atom stereocenters. The van der Waals surface area contributed by atoms with Crippen LogP contribution in [-0.2, 0) is 12.8 Å². The van der Waals surface area contributed by atoms with E-state index in [-0.39, 0.29) is 0 Å². The van der Waals surface area contributed by atoms with Crippen molar-refractivity contribution in [2.75, 3.05) is 12.8 Å². The molecule has 1 aliphatic carbocycles. The highest BCUT2D eigenvalue weighted by Gasteiger charge is 2.16. The smallest absolute Gasteiger partial charge is 0.139 e. The normalized spacial score (nSPS) is 15.1. The van der Waals surface area contributed by atoms with Gasteiger partial charge < -0.3 is 10.5 Å². The van der Waals surface area contributed by atoms with Crippen molar-refractivity contribution in [1.29, 1.82) is 0 Å². The van der Waals surface area contributed by atoms with Gasteiger partial charge in [-0.2, -0.15) is 0 Å². The lowest BCUT2D eigenvalue weighted by Gasteiger charge is -2.13. The van der Waals surface area contributed by atoms with E-state index in [1.165, 1.54) is 24.8 Å². The number of anilines is 1. The first kappa shape index (κ1) is 12.5. The number of nitrogens with zero attached hydrogens (tertiary/aromatic N) is 1. The summed E-state index contributed by atoms with van der Waals surface area (Å²) >= 11 is 6.18. The number of rotatable bonds is 1. The predicted octanol–water partition coefficient (Wildman–Crippen LogP) is 3.75. The maximum absolute atomic E-state index is 6.33. The second-order valence-corrected chi connectivity index (χ2v) is 5.42. The van der Waals surface area contributed by atoms with Gasteiger partial charge in [-0.05, 0) is 37.3 Å². The summed E-state index contributed by atoms with van der Waals surface area (Å²) in [4.78, 5) is 4.77. The number of hydrogen-bond acceptors (Lipinski definition) is 3. The summed E-state index contributed by atoms with van der Waals surface area (Å²) in [5, 5.41) is 1.52. The first-order chi connectivity index (χ1) is 9.20. The summed E-state index contributed by atoms with van der Waals surface area (Å²) < 4.78 is 5.25. The minimum atomic E-state index is 0.581. The summed E-state index contributed by atoms with van der Waals surface area (Å²) in [5.41, 5.74) is 10.4. The molecule has 1 heterocycles. The first-order valence-electron chi connectivity index (χ1n) is 6.65. The van der Waals surface area contributed by atoms with Crippen molar-refractivity contribution in [2.24, 2.45) is 0 Å². The van der Waals surface area contributed by atoms with E-state index in [4.69, 9.17) is 27.1 Å². The lowest BCUT2D eigenvalue weighted by Crippen LogP contribution is -2.03. The molecule has 0 saturated heterocycles. The SMILES string of the molecule is COc1cc2nc3c(c(N)c2cc1Cl)CCCCC3. The van der Waals surface area contributed by atoms with E-state index in [2.05, 4.69) is 0 Å². The fraction of sp³-hybridized carbons (Fsp3) is 0.400. The Morgan fingerprint density at radius 2 is 2.00 bits per heavy atom. The Morgan fingerprint density at radius 1 is 1.21 bits per heavy atom. The van der Waals surface area contributed by atoms with Crippen LogP contribution < -0.4 is 10.5 Å².